The number of nitrogen functional groups attached to an aromatic ring is 1. The summed E-state index contributed by atoms with van der Waals surface area (Å²) in [5.41, 5.74) is 8.06. The van der Waals surface area contributed by atoms with Crippen molar-refractivity contribution in [3.05, 3.63) is 47.5 Å². The summed E-state index contributed by atoms with van der Waals surface area (Å²) in [6, 6.07) is 12.8. The second kappa shape index (κ2) is 4.82. The first-order valence-corrected chi connectivity index (χ1v) is 6.21. The minimum absolute atomic E-state index is 0.402. The van der Waals surface area contributed by atoms with E-state index in [0.29, 0.717) is 17.3 Å². The van der Waals surface area contributed by atoms with Crippen molar-refractivity contribution in [3.8, 4) is 5.75 Å². The van der Waals surface area contributed by atoms with Gasteiger partial charge >= 0.3 is 0 Å². The molecule has 5 heteroatoms. The van der Waals surface area contributed by atoms with Crippen molar-refractivity contribution in [2.24, 2.45) is 4.99 Å². The Balaban J connectivity index is 1.85. The molecule has 96 valence electrons. The van der Waals surface area contributed by atoms with Crippen LogP contribution in [0.5, 0.6) is 5.75 Å². The summed E-state index contributed by atoms with van der Waals surface area (Å²) in [6.45, 7) is 0.402. The molecule has 0 aromatic heterocycles. The number of halogens is 1. The van der Waals surface area contributed by atoms with Gasteiger partial charge in [-0.15, -0.1) is 0 Å². The van der Waals surface area contributed by atoms with Crippen molar-refractivity contribution >= 4 is 34.5 Å². The Labute approximate surface area is 115 Å². The molecule has 2 aromatic carbocycles. The molecule has 3 N–H and O–H groups in total. The van der Waals surface area contributed by atoms with Crippen molar-refractivity contribution in [1.29, 1.82) is 0 Å². The maximum absolute atomic E-state index is 5.84. The zero-order valence-electron chi connectivity index (χ0n) is 10.1. The second-order valence-corrected chi connectivity index (χ2v) is 4.64. The maximum atomic E-state index is 5.84. The molecule has 1 aliphatic heterocycles. The lowest BCUT2D eigenvalue weighted by atomic mass is 10.2. The molecule has 0 saturated carbocycles. The topological polar surface area (TPSA) is 59.6 Å². The zero-order valence-corrected chi connectivity index (χ0v) is 10.8. The van der Waals surface area contributed by atoms with Crippen LogP contribution >= 0.6 is 11.6 Å². The standard InChI is InChI=1S/C14H12ClN3O/c15-9-1-4-11(5-2-9)17-14-8-19-13-6-3-10(16)7-12(13)18-14/h1-7H,8,16H2,(H,17,18). The third-order valence-corrected chi connectivity index (χ3v) is 2.99. The lowest BCUT2D eigenvalue weighted by Crippen LogP contribution is -2.23. The summed E-state index contributed by atoms with van der Waals surface area (Å²) < 4.78 is 5.61. The SMILES string of the molecule is Nc1ccc2c(c1)N=C(Nc1ccc(Cl)cc1)CO2. The molecule has 0 saturated heterocycles. The van der Waals surface area contributed by atoms with E-state index >= 15 is 0 Å². The quantitative estimate of drug-likeness (QED) is 0.782. The monoisotopic (exact) mass is 273 g/mol. The Bertz CT molecular complexity index is 638. The van der Waals surface area contributed by atoms with Crippen LogP contribution in [0.15, 0.2) is 47.5 Å². The van der Waals surface area contributed by atoms with Crippen LogP contribution in [0.3, 0.4) is 0 Å². The normalized spacial score (nSPS) is 13.2. The van der Waals surface area contributed by atoms with Gasteiger partial charge in [-0.25, -0.2) is 4.99 Å². The molecule has 0 spiro atoms. The minimum atomic E-state index is 0.402. The molecule has 0 fully saturated rings. The van der Waals surface area contributed by atoms with Crippen LogP contribution in [-0.2, 0) is 0 Å². The van der Waals surface area contributed by atoms with Gasteiger partial charge in [0.25, 0.3) is 0 Å². The van der Waals surface area contributed by atoms with Crippen LogP contribution in [0.1, 0.15) is 0 Å². The fraction of sp³-hybridized carbons (Fsp3) is 0.0714. The van der Waals surface area contributed by atoms with E-state index in [4.69, 9.17) is 22.1 Å². The highest BCUT2D eigenvalue weighted by Crippen LogP contribution is 2.32. The Morgan fingerprint density at radius 3 is 2.74 bits per heavy atom. The predicted octanol–water partition coefficient (Wildman–Crippen LogP) is 3.46. The summed E-state index contributed by atoms with van der Waals surface area (Å²) in [5, 5.41) is 3.89. The van der Waals surface area contributed by atoms with Crippen LogP contribution in [0, 0.1) is 0 Å². The summed E-state index contributed by atoms with van der Waals surface area (Å²) in [6.07, 6.45) is 0. The number of hydrogen-bond acceptors (Lipinski definition) is 4. The molecule has 2 aromatic rings. The molecule has 3 rings (SSSR count). The molecule has 0 unspecified atom stereocenters. The molecule has 19 heavy (non-hydrogen) atoms. The highest BCUT2D eigenvalue weighted by Gasteiger charge is 2.13. The second-order valence-electron chi connectivity index (χ2n) is 4.21. The van der Waals surface area contributed by atoms with E-state index in [1.54, 1.807) is 12.1 Å². The Morgan fingerprint density at radius 1 is 1.16 bits per heavy atom. The number of nitrogens with zero attached hydrogens (tertiary/aromatic N) is 1. The predicted molar refractivity (Wildman–Crippen MR) is 78.5 cm³/mol. The lowest BCUT2D eigenvalue weighted by Gasteiger charge is -2.18. The van der Waals surface area contributed by atoms with E-state index in [2.05, 4.69) is 10.3 Å². The van der Waals surface area contributed by atoms with Crippen LogP contribution in [0.4, 0.5) is 17.1 Å². The molecule has 0 aliphatic carbocycles. The summed E-state index contributed by atoms with van der Waals surface area (Å²) in [4.78, 5) is 4.49. The molecule has 4 nitrogen and oxygen atoms in total. The fourth-order valence-corrected chi connectivity index (χ4v) is 1.96. The van der Waals surface area contributed by atoms with Gasteiger partial charge in [0.1, 0.15) is 23.9 Å². The summed E-state index contributed by atoms with van der Waals surface area (Å²) >= 11 is 5.84. The highest BCUT2D eigenvalue weighted by molar-refractivity contribution is 6.30. The van der Waals surface area contributed by atoms with Gasteiger partial charge in [0.05, 0.1) is 0 Å². The molecular formula is C14H12ClN3O. The third-order valence-electron chi connectivity index (χ3n) is 2.74. The van der Waals surface area contributed by atoms with Crippen molar-refractivity contribution in [2.75, 3.05) is 17.7 Å². The number of rotatable bonds is 1. The van der Waals surface area contributed by atoms with E-state index in [1.807, 2.05) is 30.3 Å². The van der Waals surface area contributed by atoms with Crippen LogP contribution < -0.4 is 15.8 Å². The number of fused-ring (bicyclic) bond motifs is 1. The van der Waals surface area contributed by atoms with Gasteiger partial charge in [-0.3, -0.25) is 0 Å². The number of benzene rings is 2. The van der Waals surface area contributed by atoms with Gasteiger partial charge in [-0.1, -0.05) is 11.6 Å². The number of anilines is 2. The van der Waals surface area contributed by atoms with E-state index in [9.17, 15) is 0 Å². The van der Waals surface area contributed by atoms with Crippen LogP contribution in [0.2, 0.25) is 5.02 Å². The first-order chi connectivity index (χ1) is 9.20. The zero-order chi connectivity index (χ0) is 13.2. The first-order valence-electron chi connectivity index (χ1n) is 5.83. The van der Waals surface area contributed by atoms with Gasteiger partial charge in [0.2, 0.25) is 0 Å². The molecule has 1 aliphatic rings. The molecule has 0 bridgehead atoms. The van der Waals surface area contributed by atoms with Gasteiger partial charge in [0, 0.05) is 16.4 Å². The first kappa shape index (κ1) is 11.9. The van der Waals surface area contributed by atoms with Gasteiger partial charge in [0.15, 0.2) is 0 Å². The Hall–Kier alpha value is -2.20. The Kier molecular flexibility index (Phi) is 3.01. The van der Waals surface area contributed by atoms with E-state index in [0.717, 1.165) is 23.0 Å². The minimum Gasteiger partial charge on any atom is -0.483 e. The maximum Gasteiger partial charge on any atom is 0.146 e. The Morgan fingerprint density at radius 2 is 1.95 bits per heavy atom. The molecule has 0 atom stereocenters. The third kappa shape index (κ3) is 2.63. The lowest BCUT2D eigenvalue weighted by molar-refractivity contribution is 0.372. The van der Waals surface area contributed by atoms with Crippen LogP contribution in [0.25, 0.3) is 0 Å². The number of nitrogens with one attached hydrogen (secondary N) is 1. The van der Waals surface area contributed by atoms with Gasteiger partial charge in [-0.2, -0.15) is 0 Å². The highest BCUT2D eigenvalue weighted by atomic mass is 35.5. The van der Waals surface area contributed by atoms with E-state index < -0.39 is 0 Å². The van der Waals surface area contributed by atoms with Crippen LogP contribution in [-0.4, -0.2) is 12.4 Å². The fourth-order valence-electron chi connectivity index (χ4n) is 1.83. The number of amidine groups is 1. The number of hydrogen-bond donors (Lipinski definition) is 2. The van der Waals surface area contributed by atoms with Crippen molar-refractivity contribution in [2.45, 2.75) is 0 Å². The summed E-state index contributed by atoms with van der Waals surface area (Å²) in [5.74, 6) is 1.48. The van der Waals surface area contributed by atoms with Gasteiger partial charge < -0.3 is 15.8 Å². The summed E-state index contributed by atoms with van der Waals surface area (Å²) in [7, 11) is 0. The number of ether oxygens (including phenoxy) is 1. The average Bonchev–Trinajstić information content (AvgIpc) is 2.41. The number of nitrogens with two attached hydrogens (primary N) is 1. The molecular weight excluding hydrogens is 262 g/mol. The molecule has 1 heterocycles. The smallest absolute Gasteiger partial charge is 0.146 e. The number of aliphatic imine (C=N–C) groups is 1. The van der Waals surface area contributed by atoms with E-state index in [1.165, 1.54) is 0 Å². The molecule has 0 radical (unpaired) electrons. The average molecular weight is 274 g/mol. The van der Waals surface area contributed by atoms with Crippen molar-refractivity contribution in [1.82, 2.24) is 0 Å². The largest absolute Gasteiger partial charge is 0.483 e. The van der Waals surface area contributed by atoms with Crippen molar-refractivity contribution < 1.29 is 4.74 Å². The molecule has 0 amide bonds. The van der Waals surface area contributed by atoms with E-state index in [-0.39, 0.29) is 0 Å². The van der Waals surface area contributed by atoms with Crippen molar-refractivity contribution in [3.63, 3.8) is 0 Å². The van der Waals surface area contributed by atoms with Gasteiger partial charge in [-0.05, 0) is 42.5 Å².